The molecule has 0 unspecified atom stereocenters. The number of Topliss-reactive ketones (excluding diaryl/α,β-unsaturated/α-hetero) is 1. The second kappa shape index (κ2) is 6.56. The van der Waals surface area contributed by atoms with Crippen LogP contribution in [0.1, 0.15) is 26.3 Å². The van der Waals surface area contributed by atoms with Crippen molar-refractivity contribution >= 4 is 11.5 Å². The third-order valence-corrected chi connectivity index (χ3v) is 3.42. The lowest BCUT2D eigenvalue weighted by molar-refractivity contribution is -0.114. The molecule has 0 amide bonds. The van der Waals surface area contributed by atoms with Gasteiger partial charge in [-0.3, -0.25) is 4.79 Å². The predicted octanol–water partition coefficient (Wildman–Crippen LogP) is 3.19. The number of carbonyl (C=O) groups excluding carboxylic acids is 1. The molecule has 22 heavy (non-hydrogen) atoms. The Morgan fingerprint density at radius 2 is 2.09 bits per heavy atom. The summed E-state index contributed by atoms with van der Waals surface area (Å²) in [5.41, 5.74) is 2.91. The number of halogens is 1. The molecule has 2 rings (SSSR count). The summed E-state index contributed by atoms with van der Waals surface area (Å²) in [5.74, 6) is -0.194. The highest BCUT2D eigenvalue weighted by Crippen LogP contribution is 2.23. The molecule has 0 spiro atoms. The number of hydrogen-bond acceptors (Lipinski definition) is 3. The Kier molecular flexibility index (Phi) is 4.75. The Balaban J connectivity index is 2.49. The highest BCUT2D eigenvalue weighted by molar-refractivity contribution is 6.01. The Hall–Kier alpha value is -2.43. The molecule has 0 saturated heterocycles. The Labute approximate surface area is 129 Å². The number of carbonyl (C=O) groups is 1. The van der Waals surface area contributed by atoms with Gasteiger partial charge in [0.15, 0.2) is 5.78 Å². The maximum Gasteiger partial charge on any atom is 0.158 e. The van der Waals surface area contributed by atoms with Crippen molar-refractivity contribution in [2.24, 2.45) is 5.92 Å². The number of aromatic nitrogens is 2. The first-order chi connectivity index (χ1) is 10.4. The molecule has 0 aliphatic carbocycles. The molecule has 1 heterocycles. The molecular weight excluding hydrogens is 281 g/mol. The van der Waals surface area contributed by atoms with Gasteiger partial charge in [-0.2, -0.15) is 5.10 Å². The zero-order valence-corrected chi connectivity index (χ0v) is 13.2. The van der Waals surface area contributed by atoms with Crippen molar-refractivity contribution in [3.8, 4) is 5.69 Å². The van der Waals surface area contributed by atoms with Gasteiger partial charge in [-0.25, -0.2) is 9.07 Å². The van der Waals surface area contributed by atoms with Crippen LogP contribution in [0.2, 0.25) is 0 Å². The average molecular weight is 301 g/mol. The van der Waals surface area contributed by atoms with Gasteiger partial charge < -0.3 is 5.32 Å². The molecule has 0 aliphatic heterocycles. The van der Waals surface area contributed by atoms with E-state index in [1.807, 2.05) is 13.8 Å². The van der Waals surface area contributed by atoms with E-state index in [-0.39, 0.29) is 17.5 Å². The fourth-order valence-corrected chi connectivity index (χ4v) is 2.52. The van der Waals surface area contributed by atoms with Crippen molar-refractivity contribution in [1.82, 2.24) is 15.1 Å². The second-order valence-electron chi connectivity index (χ2n) is 5.40. The van der Waals surface area contributed by atoms with Gasteiger partial charge in [0.25, 0.3) is 0 Å². The largest absolute Gasteiger partial charge is 0.387 e. The van der Waals surface area contributed by atoms with Crippen molar-refractivity contribution < 1.29 is 9.18 Å². The first-order valence-electron chi connectivity index (χ1n) is 7.18. The molecule has 0 aliphatic rings. The molecule has 5 heteroatoms. The van der Waals surface area contributed by atoms with Crippen LogP contribution in [0, 0.1) is 11.7 Å². The van der Waals surface area contributed by atoms with E-state index in [1.54, 1.807) is 43.2 Å². The molecule has 1 aromatic heterocycles. The number of allylic oxidation sites excluding steroid dienone is 1. The molecule has 116 valence electrons. The van der Waals surface area contributed by atoms with Crippen LogP contribution in [-0.4, -0.2) is 22.6 Å². The average Bonchev–Trinajstić information content (AvgIpc) is 2.93. The van der Waals surface area contributed by atoms with Gasteiger partial charge in [0, 0.05) is 24.4 Å². The zero-order chi connectivity index (χ0) is 16.3. The van der Waals surface area contributed by atoms with Crippen LogP contribution in [0.15, 0.2) is 42.2 Å². The van der Waals surface area contributed by atoms with E-state index in [4.69, 9.17) is 0 Å². The van der Waals surface area contributed by atoms with Crippen molar-refractivity contribution in [2.45, 2.75) is 20.8 Å². The molecule has 0 atom stereocenters. The number of nitrogens with zero attached hydrogens (tertiary/aromatic N) is 2. The second-order valence-corrected chi connectivity index (χ2v) is 5.40. The van der Waals surface area contributed by atoms with Gasteiger partial charge in [-0.05, 0) is 31.0 Å². The number of ketones is 1. The van der Waals surface area contributed by atoms with Crippen LogP contribution >= 0.6 is 0 Å². The lowest BCUT2D eigenvalue weighted by atomic mass is 9.95. The minimum atomic E-state index is -0.314. The third-order valence-electron chi connectivity index (χ3n) is 3.42. The highest BCUT2D eigenvalue weighted by Gasteiger charge is 2.17. The van der Waals surface area contributed by atoms with Gasteiger partial charge in [-0.15, -0.1) is 0 Å². The molecular formula is C17H20FN3O. The van der Waals surface area contributed by atoms with Gasteiger partial charge in [0.2, 0.25) is 0 Å². The number of rotatable bonds is 5. The molecule has 4 nitrogen and oxygen atoms in total. The van der Waals surface area contributed by atoms with Crippen LogP contribution in [0.5, 0.6) is 0 Å². The SMILES string of the molecule is CN/C(=C(\C(C)=O)C(C)C)c1cnn(-c2cccc(F)c2)c1. The van der Waals surface area contributed by atoms with Crippen LogP contribution in [0.3, 0.4) is 0 Å². The summed E-state index contributed by atoms with van der Waals surface area (Å²) in [4.78, 5) is 11.9. The summed E-state index contributed by atoms with van der Waals surface area (Å²) in [6.07, 6.45) is 3.45. The van der Waals surface area contributed by atoms with Crippen LogP contribution in [-0.2, 0) is 4.79 Å². The number of benzene rings is 1. The van der Waals surface area contributed by atoms with E-state index in [0.717, 1.165) is 16.8 Å². The number of hydrogen-bond donors (Lipinski definition) is 1. The zero-order valence-electron chi connectivity index (χ0n) is 13.2. The van der Waals surface area contributed by atoms with Crippen LogP contribution in [0.4, 0.5) is 4.39 Å². The van der Waals surface area contributed by atoms with Gasteiger partial charge in [0.05, 0.1) is 17.6 Å². The molecule has 0 fully saturated rings. The molecule has 1 N–H and O–H groups in total. The van der Waals surface area contributed by atoms with E-state index in [1.165, 1.54) is 12.1 Å². The monoisotopic (exact) mass is 301 g/mol. The third kappa shape index (κ3) is 3.24. The minimum absolute atomic E-state index is 0.0258. The van der Waals surface area contributed by atoms with E-state index in [9.17, 15) is 9.18 Å². The first-order valence-corrected chi connectivity index (χ1v) is 7.18. The molecule has 0 saturated carbocycles. The quantitative estimate of drug-likeness (QED) is 0.863. The van der Waals surface area contributed by atoms with E-state index >= 15 is 0 Å². The molecule has 0 bridgehead atoms. The summed E-state index contributed by atoms with van der Waals surface area (Å²) in [6, 6.07) is 6.21. The lowest BCUT2D eigenvalue weighted by Gasteiger charge is -2.14. The van der Waals surface area contributed by atoms with Crippen molar-refractivity contribution in [1.29, 1.82) is 0 Å². The van der Waals surface area contributed by atoms with Crippen LogP contribution < -0.4 is 5.32 Å². The lowest BCUT2D eigenvalue weighted by Crippen LogP contribution is -2.15. The van der Waals surface area contributed by atoms with Crippen LogP contribution in [0.25, 0.3) is 11.4 Å². The van der Waals surface area contributed by atoms with Crippen molar-refractivity contribution in [3.63, 3.8) is 0 Å². The van der Waals surface area contributed by atoms with Gasteiger partial charge in [0.1, 0.15) is 5.82 Å². The normalized spacial score (nSPS) is 12.3. The van der Waals surface area contributed by atoms with Gasteiger partial charge >= 0.3 is 0 Å². The topological polar surface area (TPSA) is 46.9 Å². The fraction of sp³-hybridized carbons (Fsp3) is 0.294. The van der Waals surface area contributed by atoms with E-state index < -0.39 is 0 Å². The highest BCUT2D eigenvalue weighted by atomic mass is 19.1. The predicted molar refractivity (Wildman–Crippen MR) is 85.0 cm³/mol. The van der Waals surface area contributed by atoms with Crippen molar-refractivity contribution in [3.05, 3.63) is 53.6 Å². The maximum absolute atomic E-state index is 13.3. The summed E-state index contributed by atoms with van der Waals surface area (Å²) in [6.45, 7) is 5.51. The molecule has 2 aromatic rings. The summed E-state index contributed by atoms with van der Waals surface area (Å²) >= 11 is 0. The Bertz CT molecular complexity index is 716. The van der Waals surface area contributed by atoms with E-state index in [0.29, 0.717) is 5.69 Å². The first kappa shape index (κ1) is 15.9. The molecule has 0 radical (unpaired) electrons. The van der Waals surface area contributed by atoms with E-state index in [2.05, 4.69) is 10.4 Å². The van der Waals surface area contributed by atoms with Gasteiger partial charge in [-0.1, -0.05) is 19.9 Å². The smallest absolute Gasteiger partial charge is 0.158 e. The fourth-order valence-electron chi connectivity index (χ4n) is 2.52. The summed E-state index contributed by atoms with van der Waals surface area (Å²) in [5, 5.41) is 7.35. The standard InChI is InChI=1S/C17H20FN3O/c1-11(2)16(12(3)22)17(19-4)13-9-20-21(10-13)15-7-5-6-14(18)8-15/h5-11,19H,1-4H3/b17-16-. The summed E-state index contributed by atoms with van der Waals surface area (Å²) in [7, 11) is 1.78. The Morgan fingerprint density at radius 3 is 2.64 bits per heavy atom. The Morgan fingerprint density at radius 1 is 1.36 bits per heavy atom. The minimum Gasteiger partial charge on any atom is -0.387 e. The summed E-state index contributed by atoms with van der Waals surface area (Å²) < 4.78 is 14.9. The van der Waals surface area contributed by atoms with Crippen molar-refractivity contribution in [2.75, 3.05) is 7.05 Å². The number of nitrogens with one attached hydrogen (secondary N) is 1. The maximum atomic E-state index is 13.3. The molecule has 1 aromatic carbocycles.